The van der Waals surface area contributed by atoms with Crippen molar-refractivity contribution in [2.45, 2.75) is 18.3 Å². The lowest BCUT2D eigenvalue weighted by atomic mass is 10.3. The van der Waals surface area contributed by atoms with Crippen LogP contribution in [0.15, 0.2) is 33.9 Å². The molecular formula is C12H15N3O2S. The average molecular weight is 265 g/mol. The minimum Gasteiger partial charge on any atom is -0.431 e. The molecule has 2 aromatic rings. The molecule has 1 aromatic carbocycles. The van der Waals surface area contributed by atoms with Gasteiger partial charge in [-0.3, -0.25) is 5.41 Å². The van der Waals surface area contributed by atoms with E-state index in [-0.39, 0.29) is 11.9 Å². The van der Waals surface area contributed by atoms with Gasteiger partial charge in [0.2, 0.25) is 0 Å². The Balaban J connectivity index is 1.81. The topological polar surface area (TPSA) is 85.1 Å². The molecule has 1 unspecified atom stereocenters. The molecule has 0 aliphatic rings. The predicted molar refractivity (Wildman–Crippen MR) is 72.1 cm³/mol. The highest BCUT2D eigenvalue weighted by Gasteiger charge is 2.07. The molecule has 0 amide bonds. The van der Waals surface area contributed by atoms with E-state index in [1.165, 1.54) is 11.8 Å². The number of nitrogens with two attached hydrogens (primary N) is 1. The molecule has 5 nitrogen and oxygen atoms in total. The number of hydrogen-bond acceptors (Lipinski definition) is 5. The fraction of sp³-hybridized carbons (Fsp3) is 0.333. The molecular weight excluding hydrogens is 250 g/mol. The Hall–Kier alpha value is -1.53. The summed E-state index contributed by atoms with van der Waals surface area (Å²) in [5.41, 5.74) is 6.95. The molecule has 0 aliphatic heterocycles. The van der Waals surface area contributed by atoms with Gasteiger partial charge in [0.15, 0.2) is 5.58 Å². The molecule has 2 rings (SSSR count). The number of ether oxygens (including phenoxy) is 1. The van der Waals surface area contributed by atoms with E-state index in [0.717, 1.165) is 11.1 Å². The largest absolute Gasteiger partial charge is 0.431 e. The first-order valence-corrected chi connectivity index (χ1v) is 6.59. The van der Waals surface area contributed by atoms with Gasteiger partial charge in [-0.2, -0.15) is 0 Å². The van der Waals surface area contributed by atoms with Gasteiger partial charge in [0, 0.05) is 5.75 Å². The van der Waals surface area contributed by atoms with E-state index in [9.17, 15) is 0 Å². The summed E-state index contributed by atoms with van der Waals surface area (Å²) in [6, 6.07) is 7.65. The second-order valence-corrected chi connectivity index (χ2v) is 4.81. The van der Waals surface area contributed by atoms with Gasteiger partial charge in [-0.15, -0.1) is 0 Å². The zero-order valence-corrected chi connectivity index (χ0v) is 10.9. The number of para-hydroxylation sites is 2. The van der Waals surface area contributed by atoms with E-state index in [0.29, 0.717) is 17.6 Å². The summed E-state index contributed by atoms with van der Waals surface area (Å²) in [7, 11) is 0. The third-order valence-electron chi connectivity index (χ3n) is 2.39. The van der Waals surface area contributed by atoms with Crippen LogP contribution >= 0.6 is 11.8 Å². The van der Waals surface area contributed by atoms with Crippen molar-refractivity contribution in [1.29, 1.82) is 5.41 Å². The molecule has 6 heteroatoms. The lowest BCUT2D eigenvalue weighted by Gasteiger charge is -2.09. The summed E-state index contributed by atoms with van der Waals surface area (Å²) >= 11 is 1.49. The maximum atomic E-state index is 7.19. The van der Waals surface area contributed by atoms with Gasteiger partial charge < -0.3 is 14.9 Å². The fourth-order valence-electron chi connectivity index (χ4n) is 1.36. The van der Waals surface area contributed by atoms with Crippen LogP contribution < -0.4 is 5.73 Å². The second kappa shape index (κ2) is 5.88. The van der Waals surface area contributed by atoms with Gasteiger partial charge >= 0.3 is 0 Å². The lowest BCUT2D eigenvalue weighted by Crippen LogP contribution is -2.28. The Morgan fingerprint density at radius 3 is 3.06 bits per heavy atom. The van der Waals surface area contributed by atoms with Gasteiger partial charge in [0.1, 0.15) is 17.5 Å². The Morgan fingerprint density at radius 2 is 2.33 bits per heavy atom. The number of fused-ring (bicyclic) bond motifs is 1. The number of nitrogens with zero attached hydrogens (tertiary/aromatic N) is 1. The number of benzene rings is 1. The molecule has 1 aromatic heterocycles. The minimum absolute atomic E-state index is 0.0434. The van der Waals surface area contributed by atoms with Crippen LogP contribution in [0.4, 0.5) is 0 Å². The van der Waals surface area contributed by atoms with E-state index in [2.05, 4.69) is 4.98 Å². The maximum Gasteiger partial charge on any atom is 0.256 e. The highest BCUT2D eigenvalue weighted by atomic mass is 32.2. The number of rotatable bonds is 6. The van der Waals surface area contributed by atoms with E-state index >= 15 is 0 Å². The summed E-state index contributed by atoms with van der Waals surface area (Å²) < 4.78 is 10.9. The number of nitrogens with one attached hydrogen (secondary N) is 1. The molecule has 0 radical (unpaired) electrons. The summed E-state index contributed by atoms with van der Waals surface area (Å²) in [5, 5.41) is 7.82. The summed E-state index contributed by atoms with van der Waals surface area (Å²) in [6.45, 7) is 2.26. The van der Waals surface area contributed by atoms with Crippen molar-refractivity contribution in [2.75, 3.05) is 12.4 Å². The van der Waals surface area contributed by atoms with Gasteiger partial charge in [0.05, 0.1) is 6.61 Å². The standard InChI is InChI=1S/C12H15N3O2S/c1-8(11(13)14)16-6-7-18-12-15-9-4-2-3-5-10(9)17-12/h2-5,8H,6-7H2,1H3,(H3,13,14). The molecule has 0 saturated carbocycles. The lowest BCUT2D eigenvalue weighted by molar-refractivity contribution is 0.123. The first kappa shape index (κ1) is 12.9. The molecule has 0 saturated heterocycles. The smallest absolute Gasteiger partial charge is 0.256 e. The van der Waals surface area contributed by atoms with E-state index in [1.807, 2.05) is 24.3 Å². The van der Waals surface area contributed by atoms with E-state index in [4.69, 9.17) is 20.3 Å². The van der Waals surface area contributed by atoms with Gasteiger partial charge in [-0.05, 0) is 19.1 Å². The Labute approximate surface area is 109 Å². The number of thioether (sulfide) groups is 1. The van der Waals surface area contributed by atoms with Crippen molar-refractivity contribution in [3.8, 4) is 0 Å². The second-order valence-electron chi connectivity index (χ2n) is 3.76. The zero-order chi connectivity index (χ0) is 13.0. The summed E-state index contributed by atoms with van der Waals surface area (Å²) in [5.74, 6) is 0.756. The van der Waals surface area contributed by atoms with Crippen LogP contribution in [-0.2, 0) is 4.74 Å². The van der Waals surface area contributed by atoms with Gasteiger partial charge in [0.25, 0.3) is 5.22 Å². The van der Waals surface area contributed by atoms with Crippen molar-refractivity contribution in [1.82, 2.24) is 4.98 Å². The summed E-state index contributed by atoms with van der Waals surface area (Å²) in [4.78, 5) is 4.34. The number of aromatic nitrogens is 1. The SMILES string of the molecule is CC(OCCSc1nc2ccccc2o1)C(=N)N. The monoisotopic (exact) mass is 265 g/mol. The Morgan fingerprint density at radius 1 is 1.56 bits per heavy atom. The predicted octanol–water partition coefficient (Wildman–Crippen LogP) is 2.26. The first-order chi connectivity index (χ1) is 8.66. The fourth-order valence-corrected chi connectivity index (χ4v) is 2.02. The van der Waals surface area contributed by atoms with Crippen LogP contribution in [0, 0.1) is 5.41 Å². The van der Waals surface area contributed by atoms with Crippen molar-refractivity contribution in [3.63, 3.8) is 0 Å². The molecule has 3 N–H and O–H groups in total. The molecule has 0 fully saturated rings. The van der Waals surface area contributed by atoms with Gasteiger partial charge in [-0.25, -0.2) is 4.98 Å². The third-order valence-corrected chi connectivity index (χ3v) is 3.18. The van der Waals surface area contributed by atoms with Crippen molar-refractivity contribution in [3.05, 3.63) is 24.3 Å². The van der Waals surface area contributed by atoms with Crippen molar-refractivity contribution in [2.24, 2.45) is 5.73 Å². The quantitative estimate of drug-likeness (QED) is 0.362. The number of hydrogen-bond donors (Lipinski definition) is 2. The number of amidine groups is 1. The average Bonchev–Trinajstić information content (AvgIpc) is 2.76. The summed E-state index contributed by atoms with van der Waals surface area (Å²) in [6.07, 6.45) is -0.339. The molecule has 96 valence electrons. The normalized spacial score (nSPS) is 12.7. The molecule has 1 heterocycles. The maximum absolute atomic E-state index is 7.19. The van der Waals surface area contributed by atoms with Crippen molar-refractivity contribution < 1.29 is 9.15 Å². The van der Waals surface area contributed by atoms with Crippen LogP contribution in [0.25, 0.3) is 11.1 Å². The molecule has 1 atom stereocenters. The Bertz CT molecular complexity index is 508. The van der Waals surface area contributed by atoms with Crippen LogP contribution in [0.2, 0.25) is 0 Å². The molecule has 0 aliphatic carbocycles. The molecule has 0 bridgehead atoms. The minimum atomic E-state index is -0.339. The van der Waals surface area contributed by atoms with Crippen molar-refractivity contribution >= 4 is 28.7 Å². The first-order valence-electron chi connectivity index (χ1n) is 5.60. The molecule has 18 heavy (non-hydrogen) atoms. The molecule has 0 spiro atoms. The van der Waals surface area contributed by atoms with E-state index < -0.39 is 0 Å². The number of oxazole rings is 1. The van der Waals surface area contributed by atoms with Crippen LogP contribution in [0.3, 0.4) is 0 Å². The highest BCUT2D eigenvalue weighted by Crippen LogP contribution is 2.22. The van der Waals surface area contributed by atoms with Crippen LogP contribution in [0.5, 0.6) is 0 Å². The zero-order valence-electron chi connectivity index (χ0n) is 10.1. The Kier molecular flexibility index (Phi) is 4.22. The van der Waals surface area contributed by atoms with Crippen LogP contribution in [-0.4, -0.2) is 29.3 Å². The van der Waals surface area contributed by atoms with Gasteiger partial charge in [-0.1, -0.05) is 23.9 Å². The van der Waals surface area contributed by atoms with Crippen LogP contribution in [0.1, 0.15) is 6.92 Å². The van der Waals surface area contributed by atoms with E-state index in [1.54, 1.807) is 6.92 Å². The highest BCUT2D eigenvalue weighted by molar-refractivity contribution is 7.99. The third kappa shape index (κ3) is 3.24.